The average Bonchev–Trinajstić information content (AvgIpc) is 2.77. The SMILES string of the molecule is Cc1csc(S[C@H](C)C(=O)N[C@H]2CCCC[C@@H]2C)n1. The monoisotopic (exact) mass is 298 g/mol. The molecule has 0 unspecified atom stereocenters. The molecule has 0 saturated heterocycles. The van der Waals surface area contributed by atoms with Crippen LogP contribution < -0.4 is 5.32 Å². The molecule has 0 spiro atoms. The van der Waals surface area contributed by atoms with E-state index < -0.39 is 0 Å². The highest BCUT2D eigenvalue weighted by molar-refractivity contribution is 8.02. The van der Waals surface area contributed by atoms with Crippen LogP contribution in [0, 0.1) is 12.8 Å². The third kappa shape index (κ3) is 4.21. The van der Waals surface area contributed by atoms with Crippen molar-refractivity contribution in [1.82, 2.24) is 10.3 Å². The highest BCUT2D eigenvalue weighted by Gasteiger charge is 2.25. The van der Waals surface area contributed by atoms with Crippen LogP contribution >= 0.6 is 23.1 Å². The molecule has 1 aliphatic carbocycles. The Morgan fingerprint density at radius 2 is 2.26 bits per heavy atom. The van der Waals surface area contributed by atoms with Crippen molar-refractivity contribution < 1.29 is 4.79 Å². The summed E-state index contributed by atoms with van der Waals surface area (Å²) in [5.74, 6) is 0.758. The molecule has 2 rings (SSSR count). The largest absolute Gasteiger partial charge is 0.352 e. The van der Waals surface area contributed by atoms with E-state index in [-0.39, 0.29) is 11.2 Å². The van der Waals surface area contributed by atoms with Crippen LogP contribution in [0.1, 0.15) is 45.2 Å². The number of nitrogens with one attached hydrogen (secondary N) is 1. The Morgan fingerprint density at radius 1 is 1.53 bits per heavy atom. The molecule has 1 saturated carbocycles. The molecule has 1 heterocycles. The number of carbonyl (C=O) groups excluding carboxylic acids is 1. The summed E-state index contributed by atoms with van der Waals surface area (Å²) in [6.45, 7) is 6.19. The van der Waals surface area contributed by atoms with Gasteiger partial charge in [-0.3, -0.25) is 4.79 Å². The van der Waals surface area contributed by atoms with Crippen molar-refractivity contribution in [2.45, 2.75) is 62.1 Å². The number of hydrogen-bond donors (Lipinski definition) is 1. The van der Waals surface area contributed by atoms with Crippen LogP contribution in [0.2, 0.25) is 0 Å². The second-order valence-corrected chi connectivity index (χ2v) is 7.84. The summed E-state index contributed by atoms with van der Waals surface area (Å²) < 4.78 is 0.983. The number of thiazole rings is 1. The lowest BCUT2D eigenvalue weighted by atomic mass is 9.86. The van der Waals surface area contributed by atoms with Crippen LogP contribution in [0.25, 0.3) is 0 Å². The molecule has 3 atom stereocenters. The highest BCUT2D eigenvalue weighted by Crippen LogP contribution is 2.28. The quantitative estimate of drug-likeness (QED) is 0.863. The molecule has 106 valence electrons. The summed E-state index contributed by atoms with van der Waals surface area (Å²) >= 11 is 3.17. The van der Waals surface area contributed by atoms with Gasteiger partial charge in [0, 0.05) is 17.1 Å². The van der Waals surface area contributed by atoms with E-state index in [1.807, 2.05) is 19.2 Å². The molecule has 0 bridgehead atoms. The molecule has 0 aliphatic heterocycles. The third-order valence-electron chi connectivity index (χ3n) is 3.68. The van der Waals surface area contributed by atoms with E-state index in [0.29, 0.717) is 12.0 Å². The van der Waals surface area contributed by atoms with Crippen LogP contribution in [-0.4, -0.2) is 22.2 Å². The van der Waals surface area contributed by atoms with Crippen molar-refractivity contribution in [2.24, 2.45) is 5.92 Å². The van der Waals surface area contributed by atoms with Crippen molar-refractivity contribution in [3.63, 3.8) is 0 Å². The second-order valence-electron chi connectivity index (χ2n) is 5.39. The third-order valence-corrected chi connectivity index (χ3v) is 5.87. The maximum Gasteiger partial charge on any atom is 0.233 e. The van der Waals surface area contributed by atoms with Crippen LogP contribution in [0.4, 0.5) is 0 Å². The fourth-order valence-corrected chi connectivity index (χ4v) is 4.42. The molecule has 1 aromatic rings. The fourth-order valence-electron chi connectivity index (χ4n) is 2.42. The lowest BCUT2D eigenvalue weighted by Crippen LogP contribution is -2.44. The van der Waals surface area contributed by atoms with Crippen molar-refractivity contribution in [1.29, 1.82) is 0 Å². The van der Waals surface area contributed by atoms with Gasteiger partial charge in [0.1, 0.15) is 0 Å². The number of amides is 1. The topological polar surface area (TPSA) is 42.0 Å². The number of hydrogen-bond acceptors (Lipinski definition) is 4. The predicted molar refractivity (Wildman–Crippen MR) is 81.7 cm³/mol. The Kier molecular flexibility index (Phi) is 5.28. The fraction of sp³-hybridized carbons (Fsp3) is 0.714. The van der Waals surface area contributed by atoms with Crippen molar-refractivity contribution in [3.8, 4) is 0 Å². The highest BCUT2D eigenvalue weighted by atomic mass is 32.2. The molecular formula is C14H22N2OS2. The molecule has 3 nitrogen and oxygen atoms in total. The first kappa shape index (κ1) is 14.9. The first-order valence-corrected chi connectivity index (χ1v) is 8.71. The number of aromatic nitrogens is 1. The van der Waals surface area contributed by atoms with Gasteiger partial charge >= 0.3 is 0 Å². The summed E-state index contributed by atoms with van der Waals surface area (Å²) in [6.07, 6.45) is 4.90. The minimum atomic E-state index is -0.0697. The lowest BCUT2D eigenvalue weighted by Gasteiger charge is -2.30. The van der Waals surface area contributed by atoms with E-state index in [4.69, 9.17) is 0 Å². The second kappa shape index (κ2) is 6.75. The van der Waals surface area contributed by atoms with Gasteiger partial charge in [0.2, 0.25) is 5.91 Å². The summed E-state index contributed by atoms with van der Waals surface area (Å²) in [7, 11) is 0. The summed E-state index contributed by atoms with van der Waals surface area (Å²) in [5.41, 5.74) is 1.03. The molecule has 5 heteroatoms. The Labute approximate surface area is 123 Å². The standard InChI is InChI=1S/C14H22N2OS2/c1-9-6-4-5-7-12(9)16-13(17)11(3)19-14-15-10(2)8-18-14/h8-9,11-12H,4-7H2,1-3H3,(H,16,17)/t9-,11+,12-/m0/s1. The van der Waals surface area contributed by atoms with Crippen LogP contribution in [0.15, 0.2) is 9.72 Å². The number of rotatable bonds is 4. The molecule has 1 aromatic heterocycles. The molecule has 1 amide bonds. The van der Waals surface area contributed by atoms with Crippen molar-refractivity contribution in [3.05, 3.63) is 11.1 Å². The zero-order chi connectivity index (χ0) is 13.8. The minimum absolute atomic E-state index is 0.0697. The first-order valence-electron chi connectivity index (χ1n) is 6.95. The molecule has 1 fully saturated rings. The number of nitrogens with zero attached hydrogens (tertiary/aromatic N) is 1. The van der Waals surface area contributed by atoms with E-state index in [2.05, 4.69) is 17.2 Å². The maximum atomic E-state index is 12.2. The Bertz CT molecular complexity index is 433. The number of aryl methyl sites for hydroxylation is 1. The molecule has 0 aromatic carbocycles. The molecular weight excluding hydrogens is 276 g/mol. The Hall–Kier alpha value is -0.550. The maximum absolute atomic E-state index is 12.2. The lowest BCUT2D eigenvalue weighted by molar-refractivity contribution is -0.121. The summed E-state index contributed by atoms with van der Waals surface area (Å²) in [4.78, 5) is 16.6. The van der Waals surface area contributed by atoms with Crippen molar-refractivity contribution in [2.75, 3.05) is 0 Å². The summed E-state index contributed by atoms with van der Waals surface area (Å²) in [6, 6.07) is 0.363. The first-order chi connectivity index (χ1) is 9.06. The molecule has 1 aliphatic rings. The normalized spacial score (nSPS) is 25.0. The van der Waals surface area contributed by atoms with Gasteiger partial charge in [-0.05, 0) is 32.6 Å². The van der Waals surface area contributed by atoms with Crippen LogP contribution in [0.5, 0.6) is 0 Å². The smallest absolute Gasteiger partial charge is 0.233 e. The molecule has 0 radical (unpaired) electrons. The van der Waals surface area contributed by atoms with Gasteiger partial charge in [-0.15, -0.1) is 11.3 Å². The summed E-state index contributed by atoms with van der Waals surface area (Å²) in [5, 5.41) is 5.17. The Morgan fingerprint density at radius 3 is 2.89 bits per heavy atom. The van der Waals surface area contributed by atoms with E-state index in [1.165, 1.54) is 19.3 Å². The van der Waals surface area contributed by atoms with Gasteiger partial charge in [-0.2, -0.15) is 0 Å². The van der Waals surface area contributed by atoms with Crippen LogP contribution in [0.3, 0.4) is 0 Å². The van der Waals surface area contributed by atoms with E-state index in [0.717, 1.165) is 16.5 Å². The van der Waals surface area contributed by atoms with Crippen LogP contribution in [-0.2, 0) is 4.79 Å². The van der Waals surface area contributed by atoms with Crippen molar-refractivity contribution >= 4 is 29.0 Å². The number of thioether (sulfide) groups is 1. The van der Waals surface area contributed by atoms with Gasteiger partial charge in [-0.25, -0.2) is 4.98 Å². The zero-order valence-corrected chi connectivity index (χ0v) is 13.4. The van der Waals surface area contributed by atoms with Gasteiger partial charge in [0.25, 0.3) is 0 Å². The van der Waals surface area contributed by atoms with Gasteiger partial charge in [0.15, 0.2) is 4.34 Å². The van der Waals surface area contributed by atoms with Gasteiger partial charge in [-0.1, -0.05) is 31.5 Å². The van der Waals surface area contributed by atoms with Gasteiger partial charge in [0.05, 0.1) is 5.25 Å². The Balaban J connectivity index is 1.85. The van der Waals surface area contributed by atoms with E-state index in [1.54, 1.807) is 23.1 Å². The molecule has 19 heavy (non-hydrogen) atoms. The number of carbonyl (C=O) groups is 1. The average molecular weight is 298 g/mol. The van der Waals surface area contributed by atoms with E-state index in [9.17, 15) is 4.79 Å². The predicted octanol–water partition coefficient (Wildman–Crippen LogP) is 3.63. The van der Waals surface area contributed by atoms with Gasteiger partial charge < -0.3 is 5.32 Å². The van der Waals surface area contributed by atoms with E-state index >= 15 is 0 Å². The molecule has 1 N–H and O–H groups in total. The minimum Gasteiger partial charge on any atom is -0.352 e. The zero-order valence-electron chi connectivity index (χ0n) is 11.8.